The fourth-order valence-corrected chi connectivity index (χ4v) is 10.9. The molecule has 5 rings (SSSR count). The molecule has 1 fully saturated rings. The van der Waals surface area contributed by atoms with Crippen molar-refractivity contribution in [2.24, 2.45) is 5.92 Å². The second-order valence-electron chi connectivity index (χ2n) is 11.1. The van der Waals surface area contributed by atoms with Gasteiger partial charge in [-0.3, -0.25) is 4.79 Å². The Labute approximate surface area is 221 Å². The minimum absolute atomic E-state index is 0.00711. The van der Waals surface area contributed by atoms with Gasteiger partial charge in [0.05, 0.1) is 33.5 Å². The Hall–Kier alpha value is -2.93. The van der Waals surface area contributed by atoms with E-state index in [-0.39, 0.29) is 30.1 Å². The molecular weight excluding hydrogens is 478 g/mol. The van der Waals surface area contributed by atoms with E-state index >= 15 is 0 Å². The number of methoxy groups -OCH3 is 1. The smallest absolute Gasteiger partial charge is 0.264 e. The van der Waals surface area contributed by atoms with Crippen LogP contribution < -0.4 is 14.8 Å². The van der Waals surface area contributed by atoms with Crippen LogP contribution in [0.5, 0.6) is 5.75 Å². The van der Waals surface area contributed by atoms with Gasteiger partial charge in [0.25, 0.3) is 5.91 Å². The molecule has 2 aliphatic rings. The number of carbonyl (C=O) groups excluding carboxylic acids is 1. The molecule has 3 aromatic carbocycles. The highest BCUT2D eigenvalue weighted by Gasteiger charge is 2.66. The molecule has 6 heteroatoms. The van der Waals surface area contributed by atoms with E-state index in [2.05, 4.69) is 63.3 Å². The molecule has 194 valence electrons. The molecular formula is C31H37NO4Si. The maximum absolute atomic E-state index is 14.5. The number of aryl methyl sites for hydroxylation is 1. The quantitative estimate of drug-likeness (QED) is 0.442. The van der Waals surface area contributed by atoms with Crippen LogP contribution >= 0.6 is 0 Å². The minimum Gasteiger partial charge on any atom is -0.497 e. The predicted octanol–water partition coefficient (Wildman–Crippen LogP) is 5.15. The minimum atomic E-state index is -2.16. The lowest BCUT2D eigenvalue weighted by atomic mass is 9.82. The predicted molar refractivity (Wildman–Crippen MR) is 150 cm³/mol. The maximum Gasteiger partial charge on any atom is 0.264 e. The number of ether oxygens (including phenoxy) is 2. The third kappa shape index (κ3) is 4.11. The van der Waals surface area contributed by atoms with Crippen LogP contribution in [-0.4, -0.2) is 38.9 Å². The van der Waals surface area contributed by atoms with Crippen LogP contribution in [0.2, 0.25) is 18.6 Å². The van der Waals surface area contributed by atoms with E-state index < -0.39 is 13.7 Å². The van der Waals surface area contributed by atoms with Gasteiger partial charge < -0.3 is 19.5 Å². The van der Waals surface area contributed by atoms with Gasteiger partial charge in [0.1, 0.15) is 5.75 Å². The highest BCUT2D eigenvalue weighted by atomic mass is 28.3. The molecule has 1 saturated heterocycles. The van der Waals surface area contributed by atoms with E-state index in [1.165, 1.54) is 10.8 Å². The van der Waals surface area contributed by atoms with Gasteiger partial charge in [0.2, 0.25) is 0 Å². The third-order valence-electron chi connectivity index (χ3n) is 8.58. The van der Waals surface area contributed by atoms with Gasteiger partial charge in [0, 0.05) is 18.1 Å². The Morgan fingerprint density at radius 3 is 2.46 bits per heavy atom. The van der Waals surface area contributed by atoms with E-state index in [1.54, 1.807) is 7.11 Å². The van der Waals surface area contributed by atoms with Crippen molar-refractivity contribution in [2.75, 3.05) is 18.6 Å². The Kier molecular flexibility index (Phi) is 6.77. The van der Waals surface area contributed by atoms with Crippen molar-refractivity contribution in [3.8, 4) is 5.75 Å². The number of rotatable bonds is 7. The summed E-state index contributed by atoms with van der Waals surface area (Å²) in [5, 5.41) is 11.3. The second kappa shape index (κ2) is 9.75. The van der Waals surface area contributed by atoms with Gasteiger partial charge in [-0.25, -0.2) is 0 Å². The number of fused-ring (bicyclic) bond motifs is 2. The number of nitrogens with zero attached hydrogens (tertiary/aromatic N) is 1. The summed E-state index contributed by atoms with van der Waals surface area (Å²) in [6.07, 6.45) is 0.302. The molecule has 2 aliphatic heterocycles. The zero-order chi connectivity index (χ0) is 26.4. The zero-order valence-electron chi connectivity index (χ0n) is 22.4. The van der Waals surface area contributed by atoms with Crippen LogP contribution in [0.25, 0.3) is 0 Å². The highest BCUT2D eigenvalue weighted by molar-refractivity contribution is 6.91. The molecule has 2 heterocycles. The molecule has 0 aromatic heterocycles. The van der Waals surface area contributed by atoms with E-state index in [1.807, 2.05) is 41.3 Å². The van der Waals surface area contributed by atoms with Crippen molar-refractivity contribution in [1.82, 2.24) is 0 Å². The highest BCUT2D eigenvalue weighted by Crippen LogP contribution is 2.60. The number of aliphatic hydroxyl groups is 1. The van der Waals surface area contributed by atoms with Crippen LogP contribution in [0, 0.1) is 12.8 Å². The molecule has 1 N–H and O–H groups in total. The fourth-order valence-electron chi connectivity index (χ4n) is 6.81. The summed E-state index contributed by atoms with van der Waals surface area (Å²) in [5.41, 5.74) is 3.24. The first kappa shape index (κ1) is 25.7. The summed E-state index contributed by atoms with van der Waals surface area (Å²) in [6.45, 7) is 9.51. The van der Waals surface area contributed by atoms with Gasteiger partial charge in [-0.2, -0.15) is 0 Å². The Bertz CT molecular complexity index is 1290. The van der Waals surface area contributed by atoms with Crippen LogP contribution in [0.15, 0.2) is 72.8 Å². The fraction of sp³-hybridized carbons (Fsp3) is 0.387. The monoisotopic (exact) mass is 515 g/mol. The first-order valence-corrected chi connectivity index (χ1v) is 16.2. The lowest BCUT2D eigenvalue weighted by Gasteiger charge is -2.37. The molecule has 5 nitrogen and oxygen atoms in total. The number of anilines is 1. The van der Waals surface area contributed by atoms with Crippen molar-refractivity contribution < 1.29 is 19.4 Å². The van der Waals surface area contributed by atoms with E-state index in [9.17, 15) is 9.90 Å². The lowest BCUT2D eigenvalue weighted by Crippen LogP contribution is -2.51. The SMILES string of the molecule is COc1ccc([Si](C)(C)[C@@H]2[C@@H](CCO)O[C@]3(C(=O)N(Cc4cccc(C)c4)c4ccccc43)[C@H]2C)cc1. The van der Waals surface area contributed by atoms with Crippen molar-refractivity contribution in [3.63, 3.8) is 0 Å². The summed E-state index contributed by atoms with van der Waals surface area (Å²) in [5.74, 6) is 0.788. The first-order valence-electron chi connectivity index (χ1n) is 13.1. The summed E-state index contributed by atoms with van der Waals surface area (Å²) >= 11 is 0. The third-order valence-corrected chi connectivity index (χ3v) is 12.9. The molecule has 1 spiro atoms. The van der Waals surface area contributed by atoms with Gasteiger partial charge in [-0.1, -0.05) is 85.4 Å². The summed E-state index contributed by atoms with van der Waals surface area (Å²) in [7, 11) is -0.478. The molecule has 3 aromatic rings. The summed E-state index contributed by atoms with van der Waals surface area (Å²) in [6, 6.07) is 24.8. The molecule has 37 heavy (non-hydrogen) atoms. The lowest BCUT2D eigenvalue weighted by molar-refractivity contribution is -0.146. The molecule has 0 bridgehead atoms. The molecule has 0 radical (unpaired) electrons. The zero-order valence-corrected chi connectivity index (χ0v) is 23.4. The summed E-state index contributed by atoms with van der Waals surface area (Å²) < 4.78 is 12.3. The number of para-hydroxylation sites is 1. The van der Waals surface area contributed by atoms with Crippen molar-refractivity contribution >= 4 is 24.9 Å². The molecule has 0 aliphatic carbocycles. The van der Waals surface area contributed by atoms with E-state index in [0.29, 0.717) is 13.0 Å². The van der Waals surface area contributed by atoms with E-state index in [0.717, 1.165) is 22.6 Å². The standard InChI is InChI=1S/C31H37NO4Si/c1-21-9-8-10-23(19-21)20-32-27-12-7-6-11-26(27)31(30(32)34)22(2)29(28(36-31)17-18-33)37(4,5)25-15-13-24(35-3)14-16-25/h6-16,19,22,28-29,33H,17-18,20H2,1-5H3/t22-,28+,29-,31+/m0/s1. The van der Waals surface area contributed by atoms with Crippen LogP contribution in [0.1, 0.15) is 30.0 Å². The largest absolute Gasteiger partial charge is 0.497 e. The average molecular weight is 516 g/mol. The van der Waals surface area contributed by atoms with Gasteiger partial charge in [-0.15, -0.1) is 0 Å². The Morgan fingerprint density at radius 1 is 1.05 bits per heavy atom. The number of carbonyl (C=O) groups is 1. The average Bonchev–Trinajstić information content (AvgIpc) is 3.32. The van der Waals surface area contributed by atoms with Gasteiger partial charge in [0.15, 0.2) is 5.60 Å². The summed E-state index contributed by atoms with van der Waals surface area (Å²) in [4.78, 5) is 16.4. The number of hydrogen-bond acceptors (Lipinski definition) is 4. The second-order valence-corrected chi connectivity index (χ2v) is 15.8. The van der Waals surface area contributed by atoms with Crippen molar-refractivity contribution in [1.29, 1.82) is 0 Å². The van der Waals surface area contributed by atoms with Crippen molar-refractivity contribution in [2.45, 2.75) is 57.2 Å². The number of aliphatic hydroxyl groups excluding tert-OH is 1. The topological polar surface area (TPSA) is 59.0 Å². The maximum atomic E-state index is 14.5. The number of hydrogen-bond donors (Lipinski definition) is 1. The van der Waals surface area contributed by atoms with Crippen LogP contribution in [0.3, 0.4) is 0 Å². The van der Waals surface area contributed by atoms with E-state index in [4.69, 9.17) is 9.47 Å². The molecule has 0 unspecified atom stereocenters. The Morgan fingerprint density at radius 2 is 1.78 bits per heavy atom. The number of benzene rings is 3. The molecule has 4 atom stereocenters. The normalized spacial score (nSPS) is 25.1. The van der Waals surface area contributed by atoms with Crippen LogP contribution in [-0.2, 0) is 21.7 Å². The Balaban J connectivity index is 1.58. The van der Waals surface area contributed by atoms with Gasteiger partial charge in [-0.05, 0) is 42.6 Å². The van der Waals surface area contributed by atoms with Gasteiger partial charge >= 0.3 is 0 Å². The number of amides is 1. The molecule has 0 saturated carbocycles. The van der Waals surface area contributed by atoms with Crippen LogP contribution in [0.4, 0.5) is 5.69 Å². The van der Waals surface area contributed by atoms with Crippen molar-refractivity contribution in [3.05, 3.63) is 89.5 Å². The first-order chi connectivity index (χ1) is 17.7. The molecule has 1 amide bonds.